The van der Waals surface area contributed by atoms with E-state index in [1.807, 2.05) is 26.8 Å². The number of nitrogens with zero attached hydrogens (tertiary/aromatic N) is 5. The molecule has 8 nitrogen and oxygen atoms in total. The average Bonchev–Trinajstić information content (AvgIpc) is 2.99. The van der Waals surface area contributed by atoms with Gasteiger partial charge in [0, 0.05) is 18.9 Å². The Bertz CT molecular complexity index is 755. The number of carbonyl (C=O) groups is 2. The molecule has 0 bridgehead atoms. The number of amides is 2. The molecule has 1 N–H and O–H groups in total. The Morgan fingerprint density at radius 2 is 2.08 bits per heavy atom. The summed E-state index contributed by atoms with van der Waals surface area (Å²) in [5.41, 5.74) is 1.41. The van der Waals surface area contributed by atoms with Crippen molar-refractivity contribution >= 4 is 17.8 Å². The number of anilines is 1. The van der Waals surface area contributed by atoms with E-state index in [2.05, 4.69) is 20.4 Å². The molecule has 0 aromatic carbocycles. The number of rotatable bonds is 4. The molecule has 2 aromatic rings. The van der Waals surface area contributed by atoms with Crippen LogP contribution in [0, 0.1) is 0 Å². The number of nitrogens with one attached hydrogen (secondary N) is 1. The van der Waals surface area contributed by atoms with Crippen LogP contribution in [0.15, 0.2) is 24.5 Å². The zero-order valence-corrected chi connectivity index (χ0v) is 13.9. The van der Waals surface area contributed by atoms with Gasteiger partial charge < -0.3 is 4.90 Å². The molecule has 24 heavy (non-hydrogen) atoms. The highest BCUT2D eigenvalue weighted by Gasteiger charge is 2.32. The van der Waals surface area contributed by atoms with E-state index >= 15 is 0 Å². The Morgan fingerprint density at radius 1 is 1.38 bits per heavy atom. The Hall–Kier alpha value is -2.77. The van der Waals surface area contributed by atoms with E-state index < -0.39 is 0 Å². The lowest BCUT2D eigenvalue weighted by molar-refractivity contribution is -0.117. The van der Waals surface area contributed by atoms with Gasteiger partial charge in [-0.3, -0.25) is 19.6 Å². The maximum atomic E-state index is 12.6. The lowest BCUT2D eigenvalue weighted by Gasteiger charge is -2.31. The number of carbonyl (C=O) groups excluding carboxylic acids is 2. The summed E-state index contributed by atoms with van der Waals surface area (Å²) in [6.07, 6.45) is 3.09. The minimum Gasteiger partial charge on any atom is -0.326 e. The molecule has 0 spiro atoms. The maximum absolute atomic E-state index is 12.6. The van der Waals surface area contributed by atoms with Gasteiger partial charge in [0.1, 0.15) is 12.2 Å². The average molecular weight is 328 g/mol. The highest BCUT2D eigenvalue weighted by molar-refractivity contribution is 5.98. The van der Waals surface area contributed by atoms with Crippen LogP contribution in [-0.2, 0) is 4.79 Å². The third kappa shape index (κ3) is 3.12. The van der Waals surface area contributed by atoms with Gasteiger partial charge in [-0.15, -0.1) is 0 Å². The van der Waals surface area contributed by atoms with Crippen molar-refractivity contribution in [2.45, 2.75) is 32.7 Å². The Balaban J connectivity index is 1.73. The molecule has 2 aromatic heterocycles. The van der Waals surface area contributed by atoms with E-state index in [1.165, 1.54) is 4.90 Å². The zero-order chi connectivity index (χ0) is 17.3. The number of fused-ring (bicyclic) bond motifs is 1. The van der Waals surface area contributed by atoms with Gasteiger partial charge in [0.15, 0.2) is 0 Å². The second kappa shape index (κ2) is 6.38. The number of hydrogen-bond acceptors (Lipinski definition) is 5. The first kappa shape index (κ1) is 16.1. The van der Waals surface area contributed by atoms with Crippen LogP contribution >= 0.6 is 0 Å². The second-order valence-electron chi connectivity index (χ2n) is 6.21. The first-order valence-electron chi connectivity index (χ1n) is 7.91. The summed E-state index contributed by atoms with van der Waals surface area (Å²) >= 11 is 0. The molecule has 0 saturated carbocycles. The summed E-state index contributed by atoms with van der Waals surface area (Å²) < 4.78 is 1.76. The monoisotopic (exact) mass is 328 g/mol. The molecule has 3 heterocycles. The molecule has 8 heteroatoms. The smallest absolute Gasteiger partial charge is 0.272 e. The zero-order valence-electron chi connectivity index (χ0n) is 13.9. The minimum atomic E-state index is -0.321. The third-order valence-corrected chi connectivity index (χ3v) is 3.91. The van der Waals surface area contributed by atoms with Gasteiger partial charge in [0.05, 0.1) is 11.7 Å². The summed E-state index contributed by atoms with van der Waals surface area (Å²) in [6, 6.07) is 3.50. The van der Waals surface area contributed by atoms with Crippen molar-refractivity contribution in [3.63, 3.8) is 0 Å². The fourth-order valence-corrected chi connectivity index (χ4v) is 2.67. The van der Waals surface area contributed by atoms with Crippen LogP contribution in [0.1, 0.15) is 48.9 Å². The summed E-state index contributed by atoms with van der Waals surface area (Å²) in [4.78, 5) is 34.2. The van der Waals surface area contributed by atoms with Crippen molar-refractivity contribution in [3.8, 4) is 0 Å². The molecular weight excluding hydrogens is 308 g/mol. The Morgan fingerprint density at radius 3 is 2.75 bits per heavy atom. The molecule has 0 fully saturated rings. The first-order valence-corrected chi connectivity index (χ1v) is 7.91. The van der Waals surface area contributed by atoms with Gasteiger partial charge >= 0.3 is 0 Å². The van der Waals surface area contributed by atoms with E-state index in [-0.39, 0.29) is 36.3 Å². The minimum absolute atomic E-state index is 0.0194. The van der Waals surface area contributed by atoms with Gasteiger partial charge in [0.25, 0.3) is 5.91 Å². The lowest BCUT2D eigenvalue weighted by Crippen LogP contribution is -2.45. The molecule has 1 aliphatic rings. The van der Waals surface area contributed by atoms with Crippen LogP contribution in [0.2, 0.25) is 0 Å². The van der Waals surface area contributed by atoms with Crippen LogP contribution in [0.3, 0.4) is 0 Å². The second-order valence-corrected chi connectivity index (χ2v) is 6.21. The number of hydrogen-bond donors (Lipinski definition) is 1. The summed E-state index contributed by atoms with van der Waals surface area (Å²) in [5, 5.41) is 7.11. The predicted octanol–water partition coefficient (Wildman–Crippen LogP) is 1.45. The lowest BCUT2D eigenvalue weighted by atomic mass is 10.1. The van der Waals surface area contributed by atoms with Crippen molar-refractivity contribution in [3.05, 3.63) is 35.9 Å². The summed E-state index contributed by atoms with van der Waals surface area (Å²) in [5.74, 6) is -0.0300. The molecule has 3 rings (SSSR count). The molecule has 126 valence electrons. The molecule has 0 radical (unpaired) electrons. The largest absolute Gasteiger partial charge is 0.326 e. The predicted molar refractivity (Wildman–Crippen MR) is 87.6 cm³/mol. The van der Waals surface area contributed by atoms with Gasteiger partial charge in [-0.1, -0.05) is 13.8 Å². The van der Waals surface area contributed by atoms with Gasteiger partial charge in [-0.05, 0) is 25.0 Å². The van der Waals surface area contributed by atoms with Crippen LogP contribution in [0.25, 0.3) is 0 Å². The summed E-state index contributed by atoms with van der Waals surface area (Å²) in [7, 11) is 0. The molecule has 1 atom stereocenters. The van der Waals surface area contributed by atoms with Gasteiger partial charge in [-0.2, -0.15) is 5.10 Å². The van der Waals surface area contributed by atoms with Crippen LogP contribution < -0.4 is 5.32 Å². The number of aromatic nitrogens is 4. The maximum Gasteiger partial charge on any atom is 0.272 e. The van der Waals surface area contributed by atoms with E-state index in [1.54, 1.807) is 23.1 Å². The Labute approximate surface area is 139 Å². The highest BCUT2D eigenvalue weighted by atomic mass is 16.2. The standard InChI is InChI=1S/C16H20N6O2/c1-10(2)12-7-13-15(24)21(8-11(3)22(13)20-12)9-14(23)19-16-17-5-4-6-18-16/h4-7,10-11H,8-9H2,1-3H3,(H,17,18,19,23)/t11-/m1/s1. The quantitative estimate of drug-likeness (QED) is 0.917. The molecule has 1 aliphatic heterocycles. The van der Waals surface area contributed by atoms with E-state index in [9.17, 15) is 9.59 Å². The van der Waals surface area contributed by atoms with E-state index in [4.69, 9.17) is 0 Å². The SMILES string of the molecule is CC(C)c1cc2n(n1)[C@H](C)CN(CC(=O)Nc1ncccn1)C2=O. The Kier molecular flexibility index (Phi) is 4.28. The van der Waals surface area contributed by atoms with Crippen molar-refractivity contribution in [1.82, 2.24) is 24.6 Å². The van der Waals surface area contributed by atoms with Gasteiger partial charge in [0.2, 0.25) is 11.9 Å². The van der Waals surface area contributed by atoms with E-state index in [0.29, 0.717) is 12.2 Å². The van der Waals surface area contributed by atoms with Crippen LogP contribution in [0.4, 0.5) is 5.95 Å². The summed E-state index contributed by atoms with van der Waals surface area (Å²) in [6.45, 7) is 6.46. The van der Waals surface area contributed by atoms with Crippen molar-refractivity contribution in [1.29, 1.82) is 0 Å². The fraction of sp³-hybridized carbons (Fsp3) is 0.438. The van der Waals surface area contributed by atoms with Crippen molar-refractivity contribution in [2.75, 3.05) is 18.4 Å². The molecule has 0 saturated heterocycles. The fourth-order valence-electron chi connectivity index (χ4n) is 2.67. The van der Waals surface area contributed by atoms with E-state index in [0.717, 1.165) is 5.69 Å². The van der Waals surface area contributed by atoms with Crippen molar-refractivity contribution < 1.29 is 9.59 Å². The van der Waals surface area contributed by atoms with Crippen LogP contribution in [0.5, 0.6) is 0 Å². The van der Waals surface area contributed by atoms with Gasteiger partial charge in [-0.25, -0.2) is 9.97 Å². The topological polar surface area (TPSA) is 93.0 Å². The molecular formula is C16H20N6O2. The van der Waals surface area contributed by atoms with Crippen LogP contribution in [-0.4, -0.2) is 49.6 Å². The molecule has 0 aliphatic carbocycles. The normalized spacial score (nSPS) is 17.1. The first-order chi connectivity index (χ1) is 11.5. The van der Waals surface area contributed by atoms with Crippen molar-refractivity contribution in [2.24, 2.45) is 0 Å². The molecule has 2 amide bonds. The molecule has 0 unspecified atom stereocenters. The highest BCUT2D eigenvalue weighted by Crippen LogP contribution is 2.24. The third-order valence-electron chi connectivity index (χ3n) is 3.91.